The van der Waals surface area contributed by atoms with Gasteiger partial charge in [-0.05, 0) is 58.3 Å². The van der Waals surface area contributed by atoms with Gasteiger partial charge in [0.2, 0.25) is 0 Å². The minimum absolute atomic E-state index is 0.0497. The van der Waals surface area contributed by atoms with Crippen molar-refractivity contribution in [1.82, 2.24) is 15.0 Å². The van der Waals surface area contributed by atoms with Crippen molar-refractivity contribution in [2.45, 2.75) is 99.6 Å². The maximum atomic E-state index is 12.0. The molecule has 2 unspecified atom stereocenters. The number of Topliss-reactive ketones (excluding diaryl/α,β-unsaturated/α-hetero) is 1. The van der Waals surface area contributed by atoms with Gasteiger partial charge in [-0.1, -0.05) is 46.8 Å². The Morgan fingerprint density at radius 1 is 1.11 bits per heavy atom. The third kappa shape index (κ3) is 7.65. The summed E-state index contributed by atoms with van der Waals surface area (Å²) in [7, 11) is 0. The van der Waals surface area contributed by atoms with Gasteiger partial charge in [-0.15, -0.1) is 5.10 Å². The van der Waals surface area contributed by atoms with E-state index in [9.17, 15) is 4.79 Å². The van der Waals surface area contributed by atoms with E-state index in [1.165, 1.54) is 0 Å². The number of carbonyl (C=O) groups excluding carboxylic acids is 1. The molecule has 1 rings (SSSR count). The predicted molar refractivity (Wildman–Crippen MR) is 115 cm³/mol. The van der Waals surface area contributed by atoms with Crippen LogP contribution in [0.1, 0.15) is 87.8 Å². The Labute approximate surface area is 172 Å². The van der Waals surface area contributed by atoms with Crippen LogP contribution in [0.5, 0.6) is 0 Å². The highest BCUT2D eigenvalue weighted by molar-refractivity contribution is 5.81. The highest BCUT2D eigenvalue weighted by Gasteiger charge is 2.27. The molecule has 0 aliphatic rings. The van der Waals surface area contributed by atoms with Gasteiger partial charge in [0, 0.05) is 25.1 Å². The average Bonchev–Trinajstić information content (AvgIpc) is 3.02. The molecule has 0 saturated carbocycles. The second-order valence-electron chi connectivity index (χ2n) is 10.4. The molecule has 1 heterocycles. The number of rotatable bonds is 12. The van der Waals surface area contributed by atoms with Crippen LogP contribution in [-0.2, 0) is 21.5 Å². The summed E-state index contributed by atoms with van der Waals surface area (Å²) >= 11 is 0. The fourth-order valence-corrected chi connectivity index (χ4v) is 3.23. The van der Waals surface area contributed by atoms with E-state index in [0.29, 0.717) is 30.8 Å². The Hall–Kier alpha value is -1.23. The Bertz CT molecular complexity index is 617. The third-order valence-corrected chi connectivity index (χ3v) is 6.09. The third-order valence-electron chi connectivity index (χ3n) is 6.09. The van der Waals surface area contributed by atoms with Gasteiger partial charge in [-0.3, -0.25) is 4.79 Å². The second kappa shape index (κ2) is 10.00. The van der Waals surface area contributed by atoms with Crippen molar-refractivity contribution in [2.75, 3.05) is 6.61 Å². The fraction of sp³-hybridized carbons (Fsp3) is 0.870. The molecule has 0 aliphatic heterocycles. The van der Waals surface area contributed by atoms with Crippen molar-refractivity contribution < 1.29 is 9.53 Å². The van der Waals surface area contributed by atoms with Crippen molar-refractivity contribution in [3.05, 3.63) is 11.9 Å². The maximum Gasteiger partial charge on any atom is 0.138 e. The quantitative estimate of drug-likeness (QED) is 0.484. The first kappa shape index (κ1) is 24.8. The van der Waals surface area contributed by atoms with Crippen LogP contribution in [0.15, 0.2) is 6.20 Å². The lowest BCUT2D eigenvalue weighted by Crippen LogP contribution is -2.34. The van der Waals surface area contributed by atoms with Gasteiger partial charge in [0.1, 0.15) is 5.78 Å². The van der Waals surface area contributed by atoms with Crippen LogP contribution in [0.25, 0.3) is 0 Å². The summed E-state index contributed by atoms with van der Waals surface area (Å²) in [4.78, 5) is 12.0. The molecule has 0 amide bonds. The monoisotopic (exact) mass is 393 g/mol. The number of carbonyl (C=O) groups is 1. The largest absolute Gasteiger partial charge is 0.375 e. The molecule has 0 spiro atoms. The molecule has 5 heteroatoms. The average molecular weight is 394 g/mol. The van der Waals surface area contributed by atoms with E-state index in [2.05, 4.69) is 58.1 Å². The summed E-state index contributed by atoms with van der Waals surface area (Å²) in [6.07, 6.45) is 4.30. The molecule has 1 aromatic rings. The Kier molecular flexibility index (Phi) is 8.86. The first-order chi connectivity index (χ1) is 12.7. The zero-order valence-electron chi connectivity index (χ0n) is 19.9. The van der Waals surface area contributed by atoms with Crippen molar-refractivity contribution in [3.8, 4) is 0 Å². The zero-order valence-corrected chi connectivity index (χ0v) is 19.9. The van der Waals surface area contributed by atoms with E-state index in [1.807, 2.05) is 32.4 Å². The normalized spacial score (nSPS) is 15.3. The highest BCUT2D eigenvalue weighted by atomic mass is 16.5. The second-order valence-corrected chi connectivity index (χ2v) is 10.4. The van der Waals surface area contributed by atoms with Crippen molar-refractivity contribution in [3.63, 3.8) is 0 Å². The summed E-state index contributed by atoms with van der Waals surface area (Å²) in [5.74, 6) is 2.20. The first-order valence-corrected chi connectivity index (χ1v) is 10.8. The predicted octanol–water partition coefficient (Wildman–Crippen LogP) is 5.28. The van der Waals surface area contributed by atoms with E-state index in [4.69, 9.17) is 4.74 Å². The summed E-state index contributed by atoms with van der Waals surface area (Å²) in [5, 5.41) is 8.80. The maximum absolute atomic E-state index is 12.0. The van der Waals surface area contributed by atoms with Crippen LogP contribution < -0.4 is 0 Å². The molecule has 0 N–H and O–H groups in total. The van der Waals surface area contributed by atoms with Crippen molar-refractivity contribution >= 4 is 5.78 Å². The van der Waals surface area contributed by atoms with Crippen LogP contribution >= 0.6 is 0 Å². The van der Waals surface area contributed by atoms with E-state index in [0.717, 1.165) is 18.5 Å². The minimum atomic E-state index is -0.437. The summed E-state index contributed by atoms with van der Waals surface area (Å²) < 4.78 is 8.02. The van der Waals surface area contributed by atoms with Gasteiger partial charge in [0.05, 0.1) is 16.8 Å². The van der Waals surface area contributed by atoms with Crippen molar-refractivity contribution in [1.29, 1.82) is 0 Å². The van der Waals surface area contributed by atoms with Gasteiger partial charge < -0.3 is 4.74 Å². The molecular weight excluding hydrogens is 350 g/mol. The SMILES string of the molecule is CC(C)C(=O)CC(C)(C)OCCC(C)(C)n1cc(CC(C)C(C)C(C)C)nn1. The number of hydrogen-bond acceptors (Lipinski definition) is 4. The molecule has 0 radical (unpaired) electrons. The Balaban J connectivity index is 2.61. The molecule has 28 heavy (non-hydrogen) atoms. The molecule has 0 aliphatic carbocycles. The number of nitrogens with zero attached hydrogens (tertiary/aromatic N) is 3. The standard InChI is InChI=1S/C23H43N3O2/c1-16(2)19(6)18(5)13-20-15-26(25-24-20)22(7,8)11-12-28-23(9,10)14-21(27)17(3)4/h15-19H,11-14H2,1-10H3. The van der Waals surface area contributed by atoms with E-state index < -0.39 is 5.60 Å². The van der Waals surface area contributed by atoms with Crippen molar-refractivity contribution in [2.24, 2.45) is 23.7 Å². The topological polar surface area (TPSA) is 57.0 Å². The lowest BCUT2D eigenvalue weighted by atomic mass is 9.84. The minimum Gasteiger partial charge on any atom is -0.375 e. The molecule has 162 valence electrons. The summed E-state index contributed by atoms with van der Waals surface area (Å²) in [5.41, 5.74) is 0.431. The Morgan fingerprint density at radius 2 is 1.71 bits per heavy atom. The van der Waals surface area contributed by atoms with Gasteiger partial charge >= 0.3 is 0 Å². The molecule has 0 aromatic carbocycles. The van der Waals surface area contributed by atoms with Crippen LogP contribution in [0, 0.1) is 23.7 Å². The number of aromatic nitrogens is 3. The van der Waals surface area contributed by atoms with Gasteiger partial charge in [0.15, 0.2) is 0 Å². The zero-order chi connectivity index (χ0) is 21.7. The van der Waals surface area contributed by atoms with Gasteiger partial charge in [-0.25, -0.2) is 4.68 Å². The molecule has 0 bridgehead atoms. The van der Waals surface area contributed by atoms with Crippen LogP contribution in [0.4, 0.5) is 0 Å². The molecule has 1 aromatic heterocycles. The van der Waals surface area contributed by atoms with Crippen LogP contribution in [0.2, 0.25) is 0 Å². The molecular formula is C23H43N3O2. The fourth-order valence-electron chi connectivity index (χ4n) is 3.23. The Morgan fingerprint density at radius 3 is 2.25 bits per heavy atom. The highest BCUT2D eigenvalue weighted by Crippen LogP contribution is 2.25. The molecule has 0 fully saturated rings. The summed E-state index contributed by atoms with van der Waals surface area (Å²) in [6.45, 7) is 21.9. The lowest BCUT2D eigenvalue weighted by Gasteiger charge is -2.29. The van der Waals surface area contributed by atoms with Gasteiger partial charge in [0.25, 0.3) is 0 Å². The smallest absolute Gasteiger partial charge is 0.138 e. The van der Waals surface area contributed by atoms with Crippen LogP contribution in [0.3, 0.4) is 0 Å². The van der Waals surface area contributed by atoms with Crippen LogP contribution in [-0.4, -0.2) is 33.0 Å². The molecule has 0 saturated heterocycles. The first-order valence-electron chi connectivity index (χ1n) is 10.8. The number of hydrogen-bond donors (Lipinski definition) is 0. The van der Waals surface area contributed by atoms with E-state index in [1.54, 1.807) is 0 Å². The van der Waals surface area contributed by atoms with Gasteiger partial charge in [-0.2, -0.15) is 0 Å². The number of ketones is 1. The lowest BCUT2D eigenvalue weighted by molar-refractivity contribution is -0.128. The van der Waals surface area contributed by atoms with E-state index in [-0.39, 0.29) is 17.2 Å². The molecule has 5 nitrogen and oxygen atoms in total. The number of ether oxygens (including phenoxy) is 1. The summed E-state index contributed by atoms with van der Waals surface area (Å²) in [6, 6.07) is 0. The molecule has 2 atom stereocenters. The van der Waals surface area contributed by atoms with E-state index >= 15 is 0 Å².